The molecule has 4 rings (SSSR count). The van der Waals surface area contributed by atoms with E-state index in [0.29, 0.717) is 27.7 Å². The molecular weight excluding hydrogens is 454 g/mol. The number of para-hydroxylation sites is 1. The van der Waals surface area contributed by atoms with Crippen LogP contribution >= 0.6 is 0 Å². The quantitative estimate of drug-likeness (QED) is 0.363. The molecule has 36 heavy (non-hydrogen) atoms. The average Bonchev–Trinajstić information content (AvgIpc) is 2.90. The van der Waals surface area contributed by atoms with Crippen LogP contribution in [0.25, 0.3) is 22.2 Å². The Kier molecular flexibility index (Phi) is 7.34. The Morgan fingerprint density at radius 1 is 0.861 bits per heavy atom. The maximum absolute atomic E-state index is 13.2. The highest BCUT2D eigenvalue weighted by molar-refractivity contribution is 6.07. The van der Waals surface area contributed by atoms with Gasteiger partial charge >= 0.3 is 0 Å². The number of aromatic nitrogens is 2. The van der Waals surface area contributed by atoms with Crippen molar-refractivity contribution in [2.75, 3.05) is 0 Å². The van der Waals surface area contributed by atoms with E-state index in [1.54, 1.807) is 42.7 Å². The maximum atomic E-state index is 13.2. The van der Waals surface area contributed by atoms with E-state index in [0.717, 1.165) is 11.1 Å². The lowest BCUT2D eigenvalue weighted by Crippen LogP contribution is -2.54. The van der Waals surface area contributed by atoms with E-state index in [-0.39, 0.29) is 11.8 Å². The predicted octanol–water partition coefficient (Wildman–Crippen LogP) is 3.82. The number of carbonyl (C=O) groups is 3. The summed E-state index contributed by atoms with van der Waals surface area (Å²) < 4.78 is 0. The number of pyridine rings is 2. The second-order valence-electron chi connectivity index (χ2n) is 8.82. The van der Waals surface area contributed by atoms with Crippen molar-refractivity contribution in [2.24, 2.45) is 5.92 Å². The summed E-state index contributed by atoms with van der Waals surface area (Å²) in [4.78, 5) is 47.5. The van der Waals surface area contributed by atoms with Crippen molar-refractivity contribution in [2.45, 2.75) is 26.8 Å². The van der Waals surface area contributed by atoms with Gasteiger partial charge in [0.15, 0.2) is 0 Å². The van der Waals surface area contributed by atoms with Crippen molar-refractivity contribution in [3.63, 3.8) is 0 Å². The van der Waals surface area contributed by atoms with Gasteiger partial charge in [-0.25, -0.2) is 4.98 Å². The molecule has 8 nitrogen and oxygen atoms in total. The van der Waals surface area contributed by atoms with Crippen LogP contribution in [0.15, 0.2) is 79.1 Å². The first-order valence-electron chi connectivity index (χ1n) is 11.6. The number of benzene rings is 2. The van der Waals surface area contributed by atoms with Gasteiger partial charge in [0.2, 0.25) is 0 Å². The van der Waals surface area contributed by atoms with E-state index in [4.69, 9.17) is 0 Å². The summed E-state index contributed by atoms with van der Waals surface area (Å²) in [6.45, 7) is 5.57. The second-order valence-corrected chi connectivity index (χ2v) is 8.82. The van der Waals surface area contributed by atoms with Crippen molar-refractivity contribution in [1.82, 2.24) is 26.1 Å². The first-order valence-corrected chi connectivity index (χ1v) is 11.6. The van der Waals surface area contributed by atoms with E-state index in [2.05, 4.69) is 26.1 Å². The zero-order valence-electron chi connectivity index (χ0n) is 20.3. The van der Waals surface area contributed by atoms with Gasteiger partial charge in [-0.3, -0.25) is 30.2 Å². The van der Waals surface area contributed by atoms with E-state index < -0.39 is 17.9 Å². The number of fused-ring (bicyclic) bond motifs is 1. The first-order chi connectivity index (χ1) is 17.3. The minimum Gasteiger partial charge on any atom is -0.340 e. The Morgan fingerprint density at radius 2 is 1.61 bits per heavy atom. The first kappa shape index (κ1) is 24.5. The maximum Gasteiger partial charge on any atom is 0.270 e. The summed E-state index contributed by atoms with van der Waals surface area (Å²) in [5.41, 5.74) is 8.78. The number of hydrogen-bond donors (Lipinski definition) is 3. The van der Waals surface area contributed by atoms with Gasteiger partial charge in [-0.2, -0.15) is 0 Å². The standard InChI is InChI=1S/C28H27N5O3/c1-17(2)25(31-26(34)19-12-10-18(3)11-13-19)28(36)33-32-27(35)22-15-24(20-7-6-14-29-16-20)30-23-9-5-4-8-21(22)23/h4-17,25H,1-3H3,(H,31,34)(H,32,35)(H,33,36)/t25-/m0/s1. The number of aryl methyl sites for hydroxylation is 1. The molecule has 0 aliphatic rings. The number of hydrazine groups is 1. The molecule has 0 saturated heterocycles. The Balaban J connectivity index is 1.51. The Bertz CT molecular complexity index is 1400. The molecule has 0 aliphatic heterocycles. The monoisotopic (exact) mass is 481 g/mol. The zero-order valence-corrected chi connectivity index (χ0v) is 20.3. The molecule has 2 aromatic heterocycles. The molecule has 4 aromatic rings. The van der Waals surface area contributed by atoms with Gasteiger partial charge in [-0.05, 0) is 49.2 Å². The van der Waals surface area contributed by atoms with Gasteiger partial charge < -0.3 is 5.32 Å². The lowest BCUT2D eigenvalue weighted by atomic mass is 10.0. The molecule has 0 bridgehead atoms. The van der Waals surface area contributed by atoms with E-state index >= 15 is 0 Å². The highest BCUT2D eigenvalue weighted by Crippen LogP contribution is 2.24. The molecule has 0 saturated carbocycles. The number of carbonyl (C=O) groups excluding carboxylic acids is 3. The summed E-state index contributed by atoms with van der Waals surface area (Å²) in [5.74, 6) is -1.60. The molecule has 3 N–H and O–H groups in total. The molecule has 1 atom stereocenters. The van der Waals surface area contributed by atoms with Crippen LogP contribution < -0.4 is 16.2 Å². The van der Waals surface area contributed by atoms with Gasteiger partial charge in [0.05, 0.1) is 16.8 Å². The van der Waals surface area contributed by atoms with E-state index in [1.165, 1.54) is 0 Å². The van der Waals surface area contributed by atoms with Crippen LogP contribution in [0.5, 0.6) is 0 Å². The fourth-order valence-corrected chi connectivity index (χ4v) is 3.75. The molecular formula is C28H27N5O3. The van der Waals surface area contributed by atoms with Crippen LogP contribution in [-0.2, 0) is 4.79 Å². The zero-order chi connectivity index (χ0) is 25.7. The van der Waals surface area contributed by atoms with Crippen LogP contribution in [0.4, 0.5) is 0 Å². The van der Waals surface area contributed by atoms with Crippen LogP contribution in [0.2, 0.25) is 0 Å². The van der Waals surface area contributed by atoms with Gasteiger partial charge in [0.1, 0.15) is 6.04 Å². The van der Waals surface area contributed by atoms with Crippen LogP contribution in [0.1, 0.15) is 40.1 Å². The third kappa shape index (κ3) is 5.55. The van der Waals surface area contributed by atoms with Crippen LogP contribution in [0, 0.1) is 12.8 Å². The minimum atomic E-state index is -0.848. The number of hydrogen-bond acceptors (Lipinski definition) is 5. The SMILES string of the molecule is Cc1ccc(C(=O)N[C@H](C(=O)NNC(=O)c2cc(-c3cccnc3)nc3ccccc23)C(C)C)cc1. The molecule has 0 aliphatic carbocycles. The number of rotatable bonds is 6. The topological polar surface area (TPSA) is 113 Å². The van der Waals surface area contributed by atoms with E-state index in [9.17, 15) is 14.4 Å². The van der Waals surface area contributed by atoms with Crippen molar-refractivity contribution in [1.29, 1.82) is 0 Å². The number of nitrogens with zero attached hydrogens (tertiary/aromatic N) is 2. The molecule has 0 unspecified atom stereocenters. The normalized spacial score (nSPS) is 11.7. The predicted molar refractivity (Wildman–Crippen MR) is 138 cm³/mol. The Morgan fingerprint density at radius 3 is 2.31 bits per heavy atom. The van der Waals surface area contributed by atoms with E-state index in [1.807, 2.05) is 57.2 Å². The molecule has 0 spiro atoms. The second kappa shape index (κ2) is 10.8. The van der Waals surface area contributed by atoms with Crippen LogP contribution in [-0.4, -0.2) is 33.7 Å². The Hall–Kier alpha value is -4.59. The number of nitrogens with one attached hydrogen (secondary N) is 3. The largest absolute Gasteiger partial charge is 0.340 e. The molecule has 0 radical (unpaired) electrons. The molecule has 8 heteroatoms. The Labute approximate surface area is 209 Å². The summed E-state index contributed by atoms with van der Waals surface area (Å²) in [6, 6.07) is 18.8. The fourth-order valence-electron chi connectivity index (χ4n) is 3.75. The fraction of sp³-hybridized carbons (Fsp3) is 0.179. The number of amides is 3. The highest BCUT2D eigenvalue weighted by atomic mass is 16.2. The van der Waals surface area contributed by atoms with Gasteiger partial charge in [-0.1, -0.05) is 49.7 Å². The molecule has 182 valence electrons. The highest BCUT2D eigenvalue weighted by Gasteiger charge is 2.25. The smallest absolute Gasteiger partial charge is 0.270 e. The van der Waals surface area contributed by atoms with Crippen molar-refractivity contribution >= 4 is 28.6 Å². The van der Waals surface area contributed by atoms with Crippen molar-refractivity contribution in [3.05, 3.63) is 95.8 Å². The summed E-state index contributed by atoms with van der Waals surface area (Å²) in [5, 5.41) is 3.40. The van der Waals surface area contributed by atoms with Crippen LogP contribution in [0.3, 0.4) is 0 Å². The van der Waals surface area contributed by atoms with Gasteiger partial charge in [0, 0.05) is 28.9 Å². The molecule has 2 heterocycles. The summed E-state index contributed by atoms with van der Waals surface area (Å²) in [7, 11) is 0. The summed E-state index contributed by atoms with van der Waals surface area (Å²) >= 11 is 0. The van der Waals surface area contributed by atoms with Gasteiger partial charge in [-0.15, -0.1) is 0 Å². The third-order valence-electron chi connectivity index (χ3n) is 5.77. The molecule has 2 aromatic carbocycles. The summed E-state index contributed by atoms with van der Waals surface area (Å²) in [6.07, 6.45) is 3.33. The molecule has 0 fully saturated rings. The van der Waals surface area contributed by atoms with Crippen molar-refractivity contribution < 1.29 is 14.4 Å². The van der Waals surface area contributed by atoms with Gasteiger partial charge in [0.25, 0.3) is 17.7 Å². The lowest BCUT2D eigenvalue weighted by molar-refractivity contribution is -0.124. The van der Waals surface area contributed by atoms with Crippen molar-refractivity contribution in [3.8, 4) is 11.3 Å². The third-order valence-corrected chi connectivity index (χ3v) is 5.77. The average molecular weight is 482 g/mol. The molecule has 3 amide bonds. The minimum absolute atomic E-state index is 0.213. The lowest BCUT2D eigenvalue weighted by Gasteiger charge is -2.22.